The maximum absolute atomic E-state index is 13.3. The van der Waals surface area contributed by atoms with Gasteiger partial charge in [-0.15, -0.1) is 0 Å². The molecule has 4 aliphatic rings. The van der Waals surface area contributed by atoms with Gasteiger partial charge in [0.15, 0.2) is 17.4 Å². The Balaban J connectivity index is 2.24. The molecule has 1 aliphatic heterocycles. The maximum Gasteiger partial charge on any atom is 0.189 e. The predicted molar refractivity (Wildman–Crippen MR) is 96.9 cm³/mol. The lowest BCUT2D eigenvalue weighted by atomic mass is 9.41. The van der Waals surface area contributed by atoms with Crippen LogP contribution in [0.2, 0.25) is 0 Å². The zero-order valence-electron chi connectivity index (χ0n) is 16.0. The number of aliphatic hydroxyl groups is 5. The quantitative estimate of drug-likeness (QED) is 0.193. The first-order valence-electron chi connectivity index (χ1n) is 9.14. The summed E-state index contributed by atoms with van der Waals surface area (Å²) in [4.78, 5) is 26.3. The number of ketones is 2. The Morgan fingerprint density at radius 1 is 1.21 bits per heavy atom. The van der Waals surface area contributed by atoms with Crippen LogP contribution in [0.1, 0.15) is 27.2 Å². The predicted octanol–water partition coefficient (Wildman–Crippen LogP) is -0.0818. The summed E-state index contributed by atoms with van der Waals surface area (Å²) in [6, 6.07) is 0. The molecule has 4 rings (SSSR count). The Kier molecular flexibility index (Phi) is 4.72. The van der Waals surface area contributed by atoms with Gasteiger partial charge in [0.25, 0.3) is 0 Å². The molecule has 3 aliphatic carbocycles. The van der Waals surface area contributed by atoms with E-state index >= 15 is 0 Å². The summed E-state index contributed by atoms with van der Waals surface area (Å²) in [6.45, 7) is 2.96. The fourth-order valence-electron chi connectivity index (χ4n) is 5.12. The molecule has 0 radical (unpaired) electrons. The number of fused-ring (bicyclic) bond motifs is 2. The summed E-state index contributed by atoms with van der Waals surface area (Å²) in [6.07, 6.45) is 5.70. The fraction of sp³-hybridized carbons (Fsp3) is 0.600. The summed E-state index contributed by atoms with van der Waals surface area (Å²) in [5, 5.41) is 52.8. The average Bonchev–Trinajstić information content (AvgIpc) is 2.64. The van der Waals surface area contributed by atoms with Crippen LogP contribution in [-0.2, 0) is 14.3 Å². The van der Waals surface area contributed by atoms with Crippen LogP contribution in [0.5, 0.6) is 0 Å². The van der Waals surface area contributed by atoms with E-state index in [4.69, 9.17) is 4.74 Å². The molecule has 154 valence electrons. The second-order valence-electron chi connectivity index (χ2n) is 8.27. The molecule has 8 nitrogen and oxygen atoms in total. The number of allylic oxidation sites excluding steroid dienone is 4. The summed E-state index contributed by atoms with van der Waals surface area (Å²) in [5.41, 5.74) is -6.19. The van der Waals surface area contributed by atoms with E-state index in [9.17, 15) is 35.1 Å². The van der Waals surface area contributed by atoms with Gasteiger partial charge in [-0.3, -0.25) is 9.59 Å². The van der Waals surface area contributed by atoms with Crippen molar-refractivity contribution in [1.29, 1.82) is 0 Å². The topological polar surface area (TPSA) is 145 Å². The minimum absolute atomic E-state index is 0.246. The third-order valence-electron chi connectivity index (χ3n) is 6.47. The Hall–Kier alpha value is -1.84. The van der Waals surface area contributed by atoms with Gasteiger partial charge in [0, 0.05) is 17.9 Å². The second-order valence-corrected chi connectivity index (χ2v) is 8.27. The Bertz CT molecular complexity index is 809. The van der Waals surface area contributed by atoms with Gasteiger partial charge in [-0.2, -0.15) is 0 Å². The highest BCUT2D eigenvalue weighted by Gasteiger charge is 2.78. The van der Waals surface area contributed by atoms with Crippen molar-refractivity contribution in [3.8, 4) is 0 Å². The first-order chi connectivity index (χ1) is 12.9. The van der Waals surface area contributed by atoms with E-state index < -0.39 is 64.8 Å². The van der Waals surface area contributed by atoms with Gasteiger partial charge in [-0.1, -0.05) is 18.2 Å². The van der Waals surface area contributed by atoms with Gasteiger partial charge < -0.3 is 30.3 Å². The molecule has 1 heterocycles. The van der Waals surface area contributed by atoms with Crippen LogP contribution in [0.4, 0.5) is 0 Å². The van der Waals surface area contributed by atoms with Crippen LogP contribution in [0, 0.1) is 17.3 Å². The van der Waals surface area contributed by atoms with E-state index in [2.05, 4.69) is 0 Å². The Labute approximate surface area is 162 Å². The van der Waals surface area contributed by atoms with E-state index in [1.807, 2.05) is 0 Å². The highest BCUT2D eigenvalue weighted by molar-refractivity contribution is 6.22. The second kappa shape index (κ2) is 6.33. The lowest BCUT2D eigenvalue weighted by Crippen LogP contribution is -2.80. The number of hydrogen-bond donors (Lipinski definition) is 5. The molecular weight excluding hydrogens is 368 g/mol. The van der Waals surface area contributed by atoms with Gasteiger partial charge in [-0.05, 0) is 26.8 Å². The van der Waals surface area contributed by atoms with Crippen molar-refractivity contribution in [3.63, 3.8) is 0 Å². The highest BCUT2D eigenvalue weighted by Crippen LogP contribution is 2.63. The van der Waals surface area contributed by atoms with Gasteiger partial charge >= 0.3 is 0 Å². The van der Waals surface area contributed by atoms with E-state index in [1.165, 1.54) is 26.0 Å². The normalized spacial score (nSPS) is 47.8. The third-order valence-corrected chi connectivity index (χ3v) is 6.47. The van der Waals surface area contributed by atoms with E-state index in [0.29, 0.717) is 0 Å². The number of carbonyl (C=O) groups is 2. The molecule has 2 unspecified atom stereocenters. The lowest BCUT2D eigenvalue weighted by molar-refractivity contribution is -0.331. The lowest BCUT2D eigenvalue weighted by Gasteiger charge is -2.65. The number of hydrogen-bond acceptors (Lipinski definition) is 8. The van der Waals surface area contributed by atoms with Crippen LogP contribution >= 0.6 is 0 Å². The molecule has 0 spiro atoms. The molecule has 0 amide bonds. The van der Waals surface area contributed by atoms with Crippen LogP contribution in [0.15, 0.2) is 35.6 Å². The van der Waals surface area contributed by atoms with Gasteiger partial charge in [0.1, 0.15) is 17.0 Å². The van der Waals surface area contributed by atoms with Gasteiger partial charge in [0.2, 0.25) is 0 Å². The Morgan fingerprint density at radius 2 is 1.86 bits per heavy atom. The minimum Gasteiger partial charge on any atom is -0.508 e. The summed E-state index contributed by atoms with van der Waals surface area (Å²) in [7, 11) is 0. The van der Waals surface area contributed by atoms with Crippen molar-refractivity contribution in [3.05, 3.63) is 35.6 Å². The van der Waals surface area contributed by atoms with E-state index in [-0.39, 0.29) is 12.0 Å². The molecule has 0 aromatic rings. The standard InChI is InChI=1S/C20H26O8/c1-4-5-6-7-11(22)13-14-18(3,25)16(24)17(2,15(13)23)12-8-19(26,9-21)28-10-20(12,14)27/h4-7,12,14,21-22,25-27H,8-10H2,1-3H3/b5-4+,7-6+,13-11-/t12?,14-,17+,18?,19-,20-/m0/s1. The molecule has 5 N–H and O–H groups in total. The molecule has 3 saturated carbocycles. The van der Waals surface area contributed by atoms with Crippen molar-refractivity contribution in [2.24, 2.45) is 17.3 Å². The Morgan fingerprint density at radius 3 is 2.43 bits per heavy atom. The molecule has 0 aromatic carbocycles. The molecule has 2 bridgehead atoms. The van der Waals surface area contributed by atoms with Crippen LogP contribution < -0.4 is 0 Å². The van der Waals surface area contributed by atoms with Crippen molar-refractivity contribution in [2.75, 3.05) is 13.2 Å². The molecule has 28 heavy (non-hydrogen) atoms. The van der Waals surface area contributed by atoms with Gasteiger partial charge in [0.05, 0.1) is 24.5 Å². The van der Waals surface area contributed by atoms with Crippen molar-refractivity contribution in [2.45, 2.75) is 44.2 Å². The summed E-state index contributed by atoms with van der Waals surface area (Å²) in [5.74, 6) is -6.53. The molecule has 8 heteroatoms. The van der Waals surface area contributed by atoms with Gasteiger partial charge in [-0.25, -0.2) is 0 Å². The van der Waals surface area contributed by atoms with Crippen molar-refractivity contribution < 1.29 is 39.9 Å². The van der Waals surface area contributed by atoms with Crippen molar-refractivity contribution >= 4 is 11.6 Å². The number of aliphatic hydroxyl groups excluding tert-OH is 2. The smallest absolute Gasteiger partial charge is 0.189 e. The SMILES string of the molecule is C/C=C/C=C/C(O)=C1/C(=O)[C@]2(C)C(=O)C(C)(O)[C@H]1[C@]1(O)CO[C@](O)(CO)CC21. The summed E-state index contributed by atoms with van der Waals surface area (Å²) >= 11 is 0. The first kappa shape index (κ1) is 20.9. The van der Waals surface area contributed by atoms with E-state index in [0.717, 1.165) is 0 Å². The fourth-order valence-corrected chi connectivity index (χ4v) is 5.12. The number of ether oxygens (including phenoxy) is 1. The molecule has 1 saturated heterocycles. The van der Waals surface area contributed by atoms with Crippen LogP contribution in [0.25, 0.3) is 0 Å². The zero-order valence-corrected chi connectivity index (χ0v) is 16.0. The number of rotatable bonds is 3. The number of Topliss-reactive ketones (excluding diaryl/α,β-unsaturated/α-hetero) is 2. The van der Waals surface area contributed by atoms with E-state index in [1.54, 1.807) is 19.1 Å². The largest absolute Gasteiger partial charge is 0.508 e. The highest BCUT2D eigenvalue weighted by atomic mass is 16.6. The van der Waals surface area contributed by atoms with Crippen LogP contribution in [-0.4, -0.2) is 67.3 Å². The molecule has 0 aromatic heterocycles. The molecule has 4 fully saturated rings. The minimum atomic E-state index is -2.14. The maximum atomic E-state index is 13.3. The van der Waals surface area contributed by atoms with Crippen LogP contribution in [0.3, 0.4) is 0 Å². The monoisotopic (exact) mass is 394 g/mol. The third kappa shape index (κ3) is 2.49. The number of carbonyl (C=O) groups excluding carboxylic acids is 2. The average molecular weight is 394 g/mol. The zero-order chi connectivity index (χ0) is 21.1. The molecule has 6 atom stereocenters. The summed E-state index contributed by atoms with van der Waals surface area (Å²) < 4.78 is 5.26. The van der Waals surface area contributed by atoms with Crippen molar-refractivity contribution in [1.82, 2.24) is 0 Å². The first-order valence-corrected chi connectivity index (χ1v) is 9.14. The molecular formula is C20H26O8.